The van der Waals surface area contributed by atoms with Crippen LogP contribution in [0.5, 0.6) is 5.75 Å². The van der Waals surface area contributed by atoms with E-state index in [1.54, 1.807) is 12.1 Å². The largest absolute Gasteiger partial charge is 0.489 e. The van der Waals surface area contributed by atoms with Gasteiger partial charge in [-0.2, -0.15) is 0 Å². The van der Waals surface area contributed by atoms with E-state index in [2.05, 4.69) is 21.2 Å². The van der Waals surface area contributed by atoms with Crippen LogP contribution in [0.4, 0.5) is 10.5 Å². The van der Waals surface area contributed by atoms with Crippen LogP contribution in [-0.4, -0.2) is 11.7 Å². The molecule has 0 saturated carbocycles. The summed E-state index contributed by atoms with van der Waals surface area (Å²) in [5.74, 6) is 0.675. The van der Waals surface area contributed by atoms with Gasteiger partial charge in [-0.3, -0.25) is 5.32 Å². The van der Waals surface area contributed by atoms with Crippen molar-refractivity contribution in [2.45, 2.75) is 33.0 Å². The minimum Gasteiger partial charge on any atom is -0.489 e. The van der Waals surface area contributed by atoms with Crippen LogP contribution < -0.4 is 10.1 Å². The summed E-state index contributed by atoms with van der Waals surface area (Å²) in [4.78, 5) is 11.8. The molecule has 4 nitrogen and oxygen atoms in total. The van der Waals surface area contributed by atoms with Crippen molar-refractivity contribution in [3.63, 3.8) is 0 Å². The molecule has 0 fully saturated rings. The summed E-state index contributed by atoms with van der Waals surface area (Å²) in [6, 6.07) is 15.1. The standard InChI is InChI=1S/C18H20BrNO3/c1-18(2,3)23-17(21)20-14-8-6-9-15(11-14)22-12-13-7-4-5-10-16(13)19/h4-11H,12H2,1-3H3,(H,20,21). The maximum atomic E-state index is 11.8. The first-order valence-corrected chi connectivity index (χ1v) is 8.09. The summed E-state index contributed by atoms with van der Waals surface area (Å²) in [7, 11) is 0. The molecule has 0 spiro atoms. The first kappa shape index (κ1) is 17.3. The van der Waals surface area contributed by atoms with Gasteiger partial charge in [-0.05, 0) is 39.0 Å². The Morgan fingerprint density at radius 3 is 2.57 bits per heavy atom. The lowest BCUT2D eigenvalue weighted by Gasteiger charge is -2.19. The van der Waals surface area contributed by atoms with Crippen molar-refractivity contribution in [1.29, 1.82) is 0 Å². The fourth-order valence-electron chi connectivity index (χ4n) is 1.86. The van der Waals surface area contributed by atoms with Crippen LogP contribution in [0.15, 0.2) is 53.0 Å². The van der Waals surface area contributed by atoms with E-state index in [-0.39, 0.29) is 0 Å². The lowest BCUT2D eigenvalue weighted by molar-refractivity contribution is 0.0636. The minimum atomic E-state index is -0.530. The number of hydrogen-bond acceptors (Lipinski definition) is 3. The first-order valence-electron chi connectivity index (χ1n) is 7.30. The molecule has 0 aromatic heterocycles. The van der Waals surface area contributed by atoms with Crippen LogP contribution in [0.1, 0.15) is 26.3 Å². The maximum absolute atomic E-state index is 11.8. The van der Waals surface area contributed by atoms with Crippen LogP contribution in [-0.2, 0) is 11.3 Å². The molecule has 0 unspecified atom stereocenters. The molecule has 0 saturated heterocycles. The first-order chi connectivity index (χ1) is 10.8. The van der Waals surface area contributed by atoms with E-state index in [4.69, 9.17) is 9.47 Å². The molecule has 2 aromatic carbocycles. The second kappa shape index (κ2) is 7.51. The molecular formula is C18H20BrNO3. The predicted octanol–water partition coefficient (Wildman–Crippen LogP) is 5.38. The van der Waals surface area contributed by atoms with E-state index in [1.165, 1.54) is 0 Å². The Hall–Kier alpha value is -2.01. The highest BCUT2D eigenvalue weighted by atomic mass is 79.9. The van der Waals surface area contributed by atoms with Gasteiger partial charge in [-0.15, -0.1) is 0 Å². The van der Waals surface area contributed by atoms with Crippen LogP contribution >= 0.6 is 15.9 Å². The van der Waals surface area contributed by atoms with Crippen molar-refractivity contribution in [2.75, 3.05) is 5.32 Å². The molecule has 122 valence electrons. The van der Waals surface area contributed by atoms with Gasteiger partial charge in [0.1, 0.15) is 18.0 Å². The average molecular weight is 378 g/mol. The number of halogens is 1. The lowest BCUT2D eigenvalue weighted by Crippen LogP contribution is -2.27. The topological polar surface area (TPSA) is 47.6 Å². The minimum absolute atomic E-state index is 0.442. The van der Waals surface area contributed by atoms with Gasteiger partial charge >= 0.3 is 6.09 Å². The Kier molecular flexibility index (Phi) is 5.66. The van der Waals surface area contributed by atoms with Crippen molar-refractivity contribution in [2.24, 2.45) is 0 Å². The summed E-state index contributed by atoms with van der Waals surface area (Å²) >= 11 is 3.49. The Morgan fingerprint density at radius 2 is 1.87 bits per heavy atom. The van der Waals surface area contributed by atoms with Gasteiger partial charge in [-0.25, -0.2) is 4.79 Å². The van der Waals surface area contributed by atoms with E-state index in [9.17, 15) is 4.79 Å². The number of carbonyl (C=O) groups is 1. The third-order valence-electron chi connectivity index (χ3n) is 2.83. The van der Waals surface area contributed by atoms with E-state index in [1.807, 2.05) is 57.2 Å². The molecule has 2 rings (SSSR count). The molecule has 0 bridgehead atoms. The average Bonchev–Trinajstić information content (AvgIpc) is 2.45. The highest BCUT2D eigenvalue weighted by Gasteiger charge is 2.16. The number of benzene rings is 2. The van der Waals surface area contributed by atoms with Gasteiger partial charge in [0.15, 0.2) is 0 Å². The SMILES string of the molecule is CC(C)(C)OC(=O)Nc1cccc(OCc2ccccc2Br)c1. The normalized spacial score (nSPS) is 11.0. The monoisotopic (exact) mass is 377 g/mol. The molecule has 0 aliphatic carbocycles. The summed E-state index contributed by atoms with van der Waals surface area (Å²) in [5, 5.41) is 2.70. The fourth-order valence-corrected chi connectivity index (χ4v) is 2.26. The molecule has 5 heteroatoms. The Bertz CT molecular complexity index is 680. The van der Waals surface area contributed by atoms with Gasteiger partial charge in [0.05, 0.1) is 0 Å². The molecule has 0 heterocycles. The second-order valence-corrected chi connectivity index (χ2v) is 6.89. The quantitative estimate of drug-likeness (QED) is 0.778. The summed E-state index contributed by atoms with van der Waals surface area (Å²) < 4.78 is 12.0. The molecule has 0 aliphatic heterocycles. The van der Waals surface area contributed by atoms with E-state index in [0.717, 1.165) is 10.0 Å². The van der Waals surface area contributed by atoms with Crippen LogP contribution in [0.25, 0.3) is 0 Å². The van der Waals surface area contributed by atoms with E-state index in [0.29, 0.717) is 18.0 Å². The number of carbonyl (C=O) groups excluding carboxylic acids is 1. The van der Waals surface area contributed by atoms with Gasteiger partial charge < -0.3 is 9.47 Å². The molecule has 1 amide bonds. The summed E-state index contributed by atoms with van der Waals surface area (Å²) in [6.45, 7) is 5.91. The number of nitrogens with one attached hydrogen (secondary N) is 1. The van der Waals surface area contributed by atoms with Crippen molar-refractivity contribution < 1.29 is 14.3 Å². The highest BCUT2D eigenvalue weighted by molar-refractivity contribution is 9.10. The zero-order chi connectivity index (χ0) is 16.9. The molecule has 0 aliphatic rings. The summed E-state index contributed by atoms with van der Waals surface area (Å²) in [5.41, 5.74) is 1.15. The molecule has 23 heavy (non-hydrogen) atoms. The maximum Gasteiger partial charge on any atom is 0.412 e. The fraction of sp³-hybridized carbons (Fsp3) is 0.278. The van der Waals surface area contributed by atoms with E-state index >= 15 is 0 Å². The third-order valence-corrected chi connectivity index (χ3v) is 3.61. The van der Waals surface area contributed by atoms with Crippen molar-refractivity contribution in [3.05, 3.63) is 58.6 Å². The van der Waals surface area contributed by atoms with Gasteiger partial charge in [-0.1, -0.05) is 40.2 Å². The molecular weight excluding hydrogens is 358 g/mol. The molecule has 1 N–H and O–H groups in total. The van der Waals surface area contributed by atoms with Crippen LogP contribution in [0.3, 0.4) is 0 Å². The van der Waals surface area contributed by atoms with Crippen molar-refractivity contribution in [3.8, 4) is 5.75 Å². The zero-order valence-electron chi connectivity index (χ0n) is 13.4. The van der Waals surface area contributed by atoms with Crippen LogP contribution in [0, 0.1) is 0 Å². The van der Waals surface area contributed by atoms with Crippen molar-refractivity contribution in [1.82, 2.24) is 0 Å². The number of amides is 1. The summed E-state index contributed by atoms with van der Waals surface area (Å²) in [6.07, 6.45) is -0.486. The third kappa shape index (κ3) is 5.94. The zero-order valence-corrected chi connectivity index (χ0v) is 15.0. The number of ether oxygens (including phenoxy) is 2. The van der Waals surface area contributed by atoms with Gasteiger partial charge in [0.25, 0.3) is 0 Å². The molecule has 0 radical (unpaired) electrons. The number of anilines is 1. The Labute approximate surface area is 144 Å². The number of rotatable bonds is 4. The van der Waals surface area contributed by atoms with E-state index < -0.39 is 11.7 Å². The number of hydrogen-bond donors (Lipinski definition) is 1. The predicted molar refractivity (Wildman–Crippen MR) is 94.8 cm³/mol. The lowest BCUT2D eigenvalue weighted by atomic mass is 10.2. The highest BCUT2D eigenvalue weighted by Crippen LogP contribution is 2.22. The molecule has 2 aromatic rings. The van der Waals surface area contributed by atoms with Crippen molar-refractivity contribution >= 4 is 27.7 Å². The van der Waals surface area contributed by atoms with Gasteiger partial charge in [0.2, 0.25) is 0 Å². The smallest absolute Gasteiger partial charge is 0.412 e. The molecule has 0 atom stereocenters. The Morgan fingerprint density at radius 1 is 1.13 bits per heavy atom. The van der Waals surface area contributed by atoms with Crippen LogP contribution in [0.2, 0.25) is 0 Å². The van der Waals surface area contributed by atoms with Gasteiger partial charge in [0, 0.05) is 21.8 Å². The second-order valence-electron chi connectivity index (χ2n) is 6.03. The Balaban J connectivity index is 1.97.